The van der Waals surface area contributed by atoms with Gasteiger partial charge in [0, 0.05) is 105 Å². The van der Waals surface area contributed by atoms with Crippen molar-refractivity contribution < 1.29 is 86.0 Å². The average Bonchev–Trinajstić information content (AvgIpc) is 0.902. The summed E-state index contributed by atoms with van der Waals surface area (Å²) in [5, 5.41) is 0. The third-order valence-corrected chi connectivity index (χ3v) is 15.0. The fourth-order valence-corrected chi connectivity index (χ4v) is 8.66. The summed E-state index contributed by atoms with van der Waals surface area (Å²) in [6, 6.07) is 0. The molecule has 0 aliphatic rings. The molecule has 6 amide bonds. The van der Waals surface area contributed by atoms with Crippen molar-refractivity contribution in [3.8, 4) is 0 Å². The summed E-state index contributed by atoms with van der Waals surface area (Å²) in [6.45, 7) is 61.9. The molecule has 0 bridgehead atoms. The van der Waals surface area contributed by atoms with Crippen LogP contribution in [-0.4, -0.2) is 219 Å². The molecule has 618 valence electrons. The van der Waals surface area contributed by atoms with Crippen LogP contribution in [0.15, 0.2) is 75.9 Å². The van der Waals surface area contributed by atoms with Crippen LogP contribution in [0, 0.1) is 17.3 Å². The molecule has 0 unspecified atom stereocenters. The number of esters is 6. The van der Waals surface area contributed by atoms with Gasteiger partial charge in [-0.15, -0.1) is 0 Å². The maximum atomic E-state index is 11.6. The first-order valence-corrected chi connectivity index (χ1v) is 39.2. The molecule has 107 heavy (non-hydrogen) atoms. The van der Waals surface area contributed by atoms with E-state index in [4.69, 9.17) is 28.4 Å². The summed E-state index contributed by atoms with van der Waals surface area (Å²) in [5.41, 5.74) is -0.473. The molecule has 0 saturated heterocycles. The van der Waals surface area contributed by atoms with Gasteiger partial charge in [-0.1, -0.05) is 161 Å². The Morgan fingerprint density at radius 2 is 0.551 bits per heavy atom. The Morgan fingerprint density at radius 1 is 0.318 bits per heavy atom. The van der Waals surface area contributed by atoms with Crippen molar-refractivity contribution in [3.05, 3.63) is 75.9 Å². The van der Waals surface area contributed by atoms with Gasteiger partial charge in [0.05, 0.1) is 51.0 Å². The number of rotatable bonds is 54. The maximum Gasteiger partial charge on any atom is 0.311 e. The van der Waals surface area contributed by atoms with E-state index in [2.05, 4.69) is 81.0 Å². The summed E-state index contributed by atoms with van der Waals surface area (Å²) in [7, 11) is 0. The van der Waals surface area contributed by atoms with E-state index in [0.29, 0.717) is 143 Å². The molecular weight excluding hydrogens is 1370 g/mol. The number of carbonyl (C=O) groups is 12. The van der Waals surface area contributed by atoms with Crippen LogP contribution < -0.4 is 0 Å². The van der Waals surface area contributed by atoms with Crippen molar-refractivity contribution in [2.45, 2.75) is 252 Å². The first-order valence-electron chi connectivity index (χ1n) is 39.2. The van der Waals surface area contributed by atoms with Gasteiger partial charge in [-0.25, -0.2) is 0 Å². The molecule has 0 saturated carbocycles. The zero-order valence-electron chi connectivity index (χ0n) is 69.7. The highest BCUT2D eigenvalue weighted by Crippen LogP contribution is 2.15. The largest absolute Gasteiger partial charge is 0.466 e. The van der Waals surface area contributed by atoms with Gasteiger partial charge in [-0.05, 0) is 147 Å². The number of hydrogen-bond donors (Lipinski definition) is 0. The van der Waals surface area contributed by atoms with Crippen LogP contribution in [0.5, 0.6) is 0 Å². The lowest BCUT2D eigenvalue weighted by molar-refractivity contribution is -0.153. The highest BCUT2D eigenvalue weighted by atomic mass is 16.6. The van der Waals surface area contributed by atoms with Crippen molar-refractivity contribution in [1.29, 1.82) is 0 Å². The molecule has 0 fully saturated rings. The van der Waals surface area contributed by atoms with Crippen molar-refractivity contribution in [2.24, 2.45) is 17.3 Å². The molecule has 0 aliphatic carbocycles. The van der Waals surface area contributed by atoms with Gasteiger partial charge >= 0.3 is 35.8 Å². The monoisotopic (exact) mass is 1520 g/mol. The van der Waals surface area contributed by atoms with Crippen molar-refractivity contribution in [3.63, 3.8) is 0 Å². The summed E-state index contributed by atoms with van der Waals surface area (Å²) < 4.78 is 30.2. The smallest absolute Gasteiger partial charge is 0.311 e. The molecular formula is C83H148N6O18. The lowest BCUT2D eigenvalue weighted by Crippen LogP contribution is -2.32. The number of ether oxygens (including phenoxy) is 6. The molecule has 0 aromatic carbocycles. The molecule has 0 aromatic heterocycles. The molecule has 0 spiro atoms. The van der Waals surface area contributed by atoms with Gasteiger partial charge in [0.15, 0.2) is 0 Å². The molecule has 0 rings (SSSR count). The minimum absolute atomic E-state index is 0.0525. The third-order valence-electron chi connectivity index (χ3n) is 15.0. The molecule has 0 aromatic rings. The Balaban J connectivity index is -0.000000286. The second-order valence-corrected chi connectivity index (χ2v) is 26.8. The minimum atomic E-state index is -0.473. The zero-order chi connectivity index (χ0) is 82.8. The minimum Gasteiger partial charge on any atom is -0.466 e. The highest BCUT2D eigenvalue weighted by molar-refractivity contribution is 5.89. The van der Waals surface area contributed by atoms with Gasteiger partial charge in [0.1, 0.15) is 0 Å². The van der Waals surface area contributed by atoms with Crippen molar-refractivity contribution in [1.82, 2.24) is 29.4 Å². The van der Waals surface area contributed by atoms with Crippen LogP contribution >= 0.6 is 0 Å². The Bertz CT molecular complexity index is 2480. The molecule has 0 radical (unpaired) electrons. The Labute approximate surface area is 647 Å². The molecule has 0 atom stereocenters. The number of hydrogen-bond acceptors (Lipinski definition) is 18. The van der Waals surface area contributed by atoms with E-state index in [9.17, 15) is 57.5 Å². The van der Waals surface area contributed by atoms with Gasteiger partial charge in [0.25, 0.3) is 0 Å². The van der Waals surface area contributed by atoms with Crippen LogP contribution in [-0.2, 0) is 86.0 Å². The number of amides is 6. The predicted octanol–water partition coefficient (Wildman–Crippen LogP) is 14.4. The van der Waals surface area contributed by atoms with Gasteiger partial charge in [-0.3, -0.25) is 57.5 Å². The molecule has 0 heterocycles. The normalized spacial score (nSPS) is 10.1. The summed E-state index contributed by atoms with van der Waals surface area (Å²) in [6.07, 6.45) is 26.3. The second-order valence-electron chi connectivity index (χ2n) is 26.8. The third kappa shape index (κ3) is 70.8. The van der Waals surface area contributed by atoms with E-state index in [0.717, 1.165) is 123 Å². The van der Waals surface area contributed by atoms with Crippen LogP contribution in [0.4, 0.5) is 0 Å². The Morgan fingerprint density at radius 3 is 0.766 bits per heavy atom. The van der Waals surface area contributed by atoms with Crippen LogP contribution in [0.3, 0.4) is 0 Å². The fourth-order valence-electron chi connectivity index (χ4n) is 8.66. The Kier molecular flexibility index (Phi) is 78.4. The van der Waals surface area contributed by atoms with Gasteiger partial charge < -0.3 is 57.8 Å². The van der Waals surface area contributed by atoms with Gasteiger partial charge in [0.2, 0.25) is 35.4 Å². The van der Waals surface area contributed by atoms with Crippen LogP contribution in [0.1, 0.15) is 252 Å². The van der Waals surface area contributed by atoms with Gasteiger partial charge in [-0.2, -0.15) is 0 Å². The first kappa shape index (κ1) is 110. The molecule has 24 heteroatoms. The predicted molar refractivity (Wildman–Crippen MR) is 428 cm³/mol. The van der Waals surface area contributed by atoms with E-state index < -0.39 is 5.41 Å². The lowest BCUT2D eigenvalue weighted by atomic mass is 9.97. The summed E-state index contributed by atoms with van der Waals surface area (Å²) >= 11 is 0. The van der Waals surface area contributed by atoms with E-state index in [1.165, 1.54) is 43.4 Å². The quantitative estimate of drug-likeness (QED) is 0.0237. The van der Waals surface area contributed by atoms with E-state index in [1.807, 2.05) is 41.5 Å². The number of carbonyl (C=O) groups excluding carboxylic acids is 12. The van der Waals surface area contributed by atoms with Crippen LogP contribution in [0.25, 0.3) is 0 Å². The standard InChI is InChI=1S/2C15H27NO3.2C14H25NO3.C13H23NO3.C12H21NO3/c1-6-8-10-16(13(17)7-2)11-9-12-19-14(18)15(3,4)5;1-5-7-9-16(14(17)6-2)10-8-11-19-15(18)12-13(3)4;1-5-7-9-15(13(16)6-2)10-8-11-18-14(17)12(3)4;1-4-7-10-15(13(16)6-3)11-8-12-18-14(17)9-5-2;1-4-7-9-14(12(15)5-2)10-8-11-17-13(16)6-3;1-4-6-8-13(12(15)5-2)9-7-10-16-11(3)14/h7H,2,6,8-12H2,1,3-5H3;6,13H,2,5,7-12H2,1,3-4H3;6,12H,2,5,7-11H2,1,3-4H3;6H,3-5,7-12H2,1-2H3;5H,2,4,6-11H2,1,3H3;5H,2,4,6-10H2,1,3H3. The molecule has 0 N–H and O–H groups in total. The molecule has 0 aliphatic heterocycles. The number of unbranched alkanes of at least 4 members (excludes halogenated alkanes) is 6. The summed E-state index contributed by atoms with van der Waals surface area (Å²) in [4.78, 5) is 146. The van der Waals surface area contributed by atoms with E-state index in [1.54, 1.807) is 50.2 Å². The fraction of sp³-hybridized carbons (Fsp3) is 0.711. The lowest BCUT2D eigenvalue weighted by Gasteiger charge is -2.21. The van der Waals surface area contributed by atoms with E-state index in [-0.39, 0.29) is 77.2 Å². The van der Waals surface area contributed by atoms with Crippen LogP contribution in [0.2, 0.25) is 0 Å². The second kappa shape index (κ2) is 76.3. The molecule has 24 nitrogen and oxygen atoms in total. The van der Waals surface area contributed by atoms with E-state index >= 15 is 0 Å². The Hall–Kier alpha value is -7.92. The zero-order valence-corrected chi connectivity index (χ0v) is 69.7. The van der Waals surface area contributed by atoms with Crippen molar-refractivity contribution >= 4 is 71.3 Å². The average molecular weight is 1520 g/mol. The maximum absolute atomic E-state index is 11.6. The topological polar surface area (TPSA) is 280 Å². The SMILES string of the molecule is C=CC(=O)N(CCCC)CCCOC(=O)C(C)(C)C.C=CC(=O)N(CCCC)CCCOC(=O)C(C)C.C=CC(=O)N(CCCC)CCCOC(=O)CC.C=CC(=O)N(CCCC)CCCOC(=O)CC(C)C.C=CC(=O)N(CCCC)CCCOC(=O)CCC.C=CC(=O)N(CCCC)CCCOC(C)=O. The van der Waals surface area contributed by atoms with Crippen molar-refractivity contribution in [2.75, 3.05) is 118 Å². The highest BCUT2D eigenvalue weighted by Gasteiger charge is 2.23. The summed E-state index contributed by atoms with van der Waals surface area (Å²) in [5.74, 6) is -1.32. The first-order chi connectivity index (χ1) is 50.8. The number of nitrogens with zero attached hydrogens (tertiary/aromatic N) is 6.